The second-order valence-electron chi connectivity index (χ2n) is 5.19. The number of carbonyl (C=O) groups excluding carboxylic acids is 2. The summed E-state index contributed by atoms with van der Waals surface area (Å²) >= 11 is 0. The Bertz CT molecular complexity index is 803. The molecule has 0 saturated carbocycles. The molecule has 0 radical (unpaired) electrons. The molecule has 1 N–H and O–H groups in total. The number of carbonyl (C=O) groups is 2. The van der Waals surface area contributed by atoms with Crippen molar-refractivity contribution in [3.05, 3.63) is 65.2 Å². The summed E-state index contributed by atoms with van der Waals surface area (Å²) in [6.45, 7) is 1.82. The molecular weight excluding hydrogens is 318 g/mol. The van der Waals surface area contributed by atoms with Gasteiger partial charge in [0.05, 0.1) is 19.2 Å². The molecule has 2 aromatic rings. The summed E-state index contributed by atoms with van der Waals surface area (Å²) in [4.78, 5) is 23.1. The van der Waals surface area contributed by atoms with E-state index >= 15 is 0 Å². The van der Waals surface area contributed by atoms with Gasteiger partial charge >= 0.3 is 6.09 Å². The maximum atomic E-state index is 11.6. The van der Waals surface area contributed by atoms with Crippen LogP contribution in [0.2, 0.25) is 0 Å². The van der Waals surface area contributed by atoms with Crippen LogP contribution in [0.1, 0.15) is 28.4 Å². The summed E-state index contributed by atoms with van der Waals surface area (Å²) in [5.41, 5.74) is 2.06. The molecule has 0 heterocycles. The second kappa shape index (κ2) is 9.14. The first kappa shape index (κ1) is 18.1. The lowest BCUT2D eigenvalue weighted by Crippen LogP contribution is -2.24. The summed E-state index contributed by atoms with van der Waals surface area (Å²) in [5, 5.41) is 2.56. The van der Waals surface area contributed by atoms with Crippen LogP contribution in [-0.4, -0.2) is 25.5 Å². The van der Waals surface area contributed by atoms with Crippen LogP contribution in [-0.2, 0) is 11.3 Å². The smallest absolute Gasteiger partial charge is 0.408 e. The molecule has 25 heavy (non-hydrogen) atoms. The highest BCUT2D eigenvalue weighted by Crippen LogP contribution is 2.19. The van der Waals surface area contributed by atoms with Gasteiger partial charge in [0.25, 0.3) is 0 Å². The fourth-order valence-electron chi connectivity index (χ4n) is 2.05. The summed E-state index contributed by atoms with van der Waals surface area (Å²) in [6.07, 6.45) is -0.539. The number of ether oxygens (including phenoxy) is 2. The van der Waals surface area contributed by atoms with E-state index in [1.807, 2.05) is 30.3 Å². The lowest BCUT2D eigenvalue weighted by Gasteiger charge is -2.05. The quantitative estimate of drug-likeness (QED) is 0.672. The third-order valence-corrected chi connectivity index (χ3v) is 3.36. The Morgan fingerprint density at radius 2 is 1.88 bits per heavy atom. The molecule has 0 spiro atoms. The molecule has 0 aliphatic rings. The third-order valence-electron chi connectivity index (χ3n) is 3.36. The van der Waals surface area contributed by atoms with Gasteiger partial charge in [-0.1, -0.05) is 42.2 Å². The van der Waals surface area contributed by atoms with Crippen LogP contribution in [0.4, 0.5) is 4.79 Å². The highest BCUT2D eigenvalue weighted by Gasteiger charge is 2.05. The normalized spacial score (nSPS) is 9.52. The monoisotopic (exact) mass is 337 g/mol. The number of hydrogen-bond acceptors (Lipinski definition) is 4. The largest absolute Gasteiger partial charge is 0.495 e. The molecule has 0 aliphatic heterocycles. The van der Waals surface area contributed by atoms with Crippen molar-refractivity contribution in [2.45, 2.75) is 13.5 Å². The van der Waals surface area contributed by atoms with Crippen molar-refractivity contribution >= 4 is 11.9 Å². The maximum absolute atomic E-state index is 11.6. The fourth-order valence-corrected chi connectivity index (χ4v) is 2.05. The number of benzene rings is 2. The Morgan fingerprint density at radius 1 is 1.12 bits per heavy atom. The van der Waals surface area contributed by atoms with Gasteiger partial charge in [0, 0.05) is 5.56 Å². The summed E-state index contributed by atoms with van der Waals surface area (Å²) in [5.74, 6) is 6.23. The Balaban J connectivity index is 1.88. The zero-order valence-corrected chi connectivity index (χ0v) is 14.2. The van der Waals surface area contributed by atoms with E-state index in [4.69, 9.17) is 9.47 Å². The summed E-state index contributed by atoms with van der Waals surface area (Å²) < 4.78 is 10.3. The summed E-state index contributed by atoms with van der Waals surface area (Å²) in [6, 6.07) is 14.5. The highest BCUT2D eigenvalue weighted by atomic mass is 16.5. The van der Waals surface area contributed by atoms with Crippen LogP contribution in [0.5, 0.6) is 5.75 Å². The molecule has 5 heteroatoms. The lowest BCUT2D eigenvalue weighted by atomic mass is 10.1. The Morgan fingerprint density at radius 3 is 2.56 bits per heavy atom. The third kappa shape index (κ3) is 5.70. The first-order chi connectivity index (χ1) is 12.1. The molecule has 0 aromatic heterocycles. The Labute approximate surface area is 147 Å². The number of methoxy groups -OCH3 is 1. The molecule has 0 aliphatic carbocycles. The maximum Gasteiger partial charge on any atom is 0.408 e. The van der Waals surface area contributed by atoms with E-state index in [-0.39, 0.29) is 18.9 Å². The minimum absolute atomic E-state index is 0.0479. The van der Waals surface area contributed by atoms with Crippen molar-refractivity contribution in [3.8, 4) is 17.6 Å². The number of nitrogens with one attached hydrogen (secondary N) is 1. The molecule has 0 saturated heterocycles. The van der Waals surface area contributed by atoms with Crippen molar-refractivity contribution in [2.75, 3.05) is 13.7 Å². The SMILES string of the molecule is COc1ccc(C(C)=O)cc1C#CCNC(=O)OCc1ccccc1. The van der Waals surface area contributed by atoms with Crippen LogP contribution in [0.15, 0.2) is 48.5 Å². The van der Waals surface area contributed by atoms with Gasteiger partial charge in [-0.3, -0.25) is 4.79 Å². The van der Waals surface area contributed by atoms with Crippen LogP contribution in [0, 0.1) is 11.8 Å². The highest BCUT2D eigenvalue weighted by molar-refractivity contribution is 5.94. The average Bonchev–Trinajstić information content (AvgIpc) is 2.64. The van der Waals surface area contributed by atoms with Crippen molar-refractivity contribution in [3.63, 3.8) is 0 Å². The van der Waals surface area contributed by atoms with E-state index in [0.717, 1.165) is 5.56 Å². The molecule has 5 nitrogen and oxygen atoms in total. The van der Waals surface area contributed by atoms with Gasteiger partial charge in [-0.05, 0) is 30.7 Å². The predicted molar refractivity (Wildman–Crippen MR) is 94.5 cm³/mol. The van der Waals surface area contributed by atoms with E-state index in [1.54, 1.807) is 18.2 Å². The fraction of sp³-hybridized carbons (Fsp3) is 0.200. The van der Waals surface area contributed by atoms with Crippen molar-refractivity contribution < 1.29 is 19.1 Å². The Hall–Kier alpha value is -3.26. The second-order valence-corrected chi connectivity index (χ2v) is 5.19. The molecule has 0 fully saturated rings. The van der Waals surface area contributed by atoms with E-state index in [0.29, 0.717) is 16.9 Å². The first-order valence-corrected chi connectivity index (χ1v) is 7.72. The average molecular weight is 337 g/mol. The van der Waals surface area contributed by atoms with E-state index in [2.05, 4.69) is 17.2 Å². The van der Waals surface area contributed by atoms with E-state index in [9.17, 15) is 9.59 Å². The van der Waals surface area contributed by atoms with Gasteiger partial charge in [-0.2, -0.15) is 0 Å². The molecular formula is C20H19NO4. The van der Waals surface area contributed by atoms with E-state index < -0.39 is 6.09 Å². The summed E-state index contributed by atoms with van der Waals surface area (Å²) in [7, 11) is 1.53. The number of amides is 1. The number of alkyl carbamates (subject to hydrolysis) is 1. The van der Waals surface area contributed by atoms with E-state index in [1.165, 1.54) is 14.0 Å². The van der Waals surface area contributed by atoms with Gasteiger partial charge in [0.15, 0.2) is 5.78 Å². The topological polar surface area (TPSA) is 64.6 Å². The van der Waals surface area contributed by atoms with Crippen molar-refractivity contribution in [2.24, 2.45) is 0 Å². The predicted octanol–water partition coefficient (Wildman–Crippen LogP) is 3.18. The number of rotatable bonds is 5. The standard InChI is InChI=1S/C20H19NO4/c1-15(22)17-10-11-19(24-2)18(13-17)9-6-12-21-20(23)25-14-16-7-4-3-5-8-16/h3-5,7-8,10-11,13H,12,14H2,1-2H3,(H,21,23). The number of ketones is 1. The van der Waals surface area contributed by atoms with Crippen LogP contribution in [0.3, 0.4) is 0 Å². The molecule has 0 bridgehead atoms. The van der Waals surface area contributed by atoms with Gasteiger partial charge in [0.2, 0.25) is 0 Å². The zero-order valence-electron chi connectivity index (χ0n) is 14.2. The molecule has 2 aromatic carbocycles. The lowest BCUT2D eigenvalue weighted by molar-refractivity contribution is 0.101. The number of Topliss-reactive ketones (excluding diaryl/α,β-unsaturated/α-hetero) is 1. The first-order valence-electron chi connectivity index (χ1n) is 7.72. The molecule has 0 unspecified atom stereocenters. The molecule has 1 amide bonds. The van der Waals surface area contributed by atoms with Crippen LogP contribution in [0.25, 0.3) is 0 Å². The zero-order chi connectivity index (χ0) is 18.1. The van der Waals surface area contributed by atoms with Crippen molar-refractivity contribution in [1.29, 1.82) is 0 Å². The van der Waals surface area contributed by atoms with Gasteiger partial charge in [0.1, 0.15) is 12.4 Å². The van der Waals surface area contributed by atoms with Crippen LogP contribution < -0.4 is 10.1 Å². The van der Waals surface area contributed by atoms with Gasteiger partial charge in [-0.15, -0.1) is 0 Å². The van der Waals surface area contributed by atoms with Crippen molar-refractivity contribution in [1.82, 2.24) is 5.32 Å². The Kier molecular flexibility index (Phi) is 6.61. The van der Waals surface area contributed by atoms with Crippen LogP contribution >= 0.6 is 0 Å². The molecule has 128 valence electrons. The van der Waals surface area contributed by atoms with Gasteiger partial charge in [-0.25, -0.2) is 4.79 Å². The minimum atomic E-state index is -0.539. The van der Waals surface area contributed by atoms with Gasteiger partial charge < -0.3 is 14.8 Å². The minimum Gasteiger partial charge on any atom is -0.495 e. The number of hydrogen-bond donors (Lipinski definition) is 1. The molecule has 0 atom stereocenters. The molecule has 2 rings (SSSR count).